The summed E-state index contributed by atoms with van der Waals surface area (Å²) in [6, 6.07) is 18.1. The summed E-state index contributed by atoms with van der Waals surface area (Å²) in [5.41, 5.74) is 6.46. The fourth-order valence-corrected chi connectivity index (χ4v) is 5.74. The van der Waals surface area contributed by atoms with E-state index in [9.17, 15) is 0 Å². The Kier molecular flexibility index (Phi) is 5.38. The van der Waals surface area contributed by atoms with Gasteiger partial charge in [0, 0.05) is 47.3 Å². The molecule has 0 amide bonds. The van der Waals surface area contributed by atoms with E-state index in [1.54, 1.807) is 11.3 Å². The fourth-order valence-electron chi connectivity index (χ4n) is 4.70. The molecule has 170 valence electrons. The number of H-pyrrole nitrogens is 1. The lowest BCUT2D eigenvalue weighted by molar-refractivity contribution is 0.282. The molecule has 1 aliphatic heterocycles. The summed E-state index contributed by atoms with van der Waals surface area (Å²) < 4.78 is 2.12. The molecular formula is C27H21N7S. The number of benzene rings is 1. The molecule has 1 unspecified atom stereocenters. The van der Waals surface area contributed by atoms with E-state index in [0.29, 0.717) is 5.56 Å². The van der Waals surface area contributed by atoms with Crippen LogP contribution >= 0.6 is 11.3 Å². The molecule has 0 saturated carbocycles. The van der Waals surface area contributed by atoms with E-state index in [1.807, 2.05) is 42.7 Å². The number of nitriles is 1. The van der Waals surface area contributed by atoms with Gasteiger partial charge in [0.2, 0.25) is 0 Å². The summed E-state index contributed by atoms with van der Waals surface area (Å²) in [4.78, 5) is 13.1. The molecule has 0 radical (unpaired) electrons. The van der Waals surface area contributed by atoms with Crippen molar-refractivity contribution in [1.82, 2.24) is 24.5 Å². The van der Waals surface area contributed by atoms with E-state index in [1.165, 1.54) is 4.88 Å². The Morgan fingerprint density at radius 3 is 2.80 bits per heavy atom. The van der Waals surface area contributed by atoms with Crippen molar-refractivity contribution < 1.29 is 0 Å². The largest absolute Gasteiger partial charge is 0.298 e. The van der Waals surface area contributed by atoms with E-state index in [0.717, 1.165) is 64.5 Å². The van der Waals surface area contributed by atoms with E-state index >= 15 is 0 Å². The molecular weight excluding hydrogens is 454 g/mol. The molecule has 35 heavy (non-hydrogen) atoms. The Morgan fingerprint density at radius 2 is 1.97 bits per heavy atom. The van der Waals surface area contributed by atoms with Crippen molar-refractivity contribution in [1.29, 1.82) is 5.26 Å². The molecule has 8 heteroatoms. The maximum atomic E-state index is 9.10. The predicted octanol–water partition coefficient (Wildman–Crippen LogP) is 5.83. The molecule has 6 rings (SSSR count). The third kappa shape index (κ3) is 3.89. The third-order valence-corrected chi connectivity index (χ3v) is 7.60. The lowest BCUT2D eigenvalue weighted by atomic mass is 10.0. The van der Waals surface area contributed by atoms with Gasteiger partial charge in [0.15, 0.2) is 0 Å². The van der Waals surface area contributed by atoms with Crippen molar-refractivity contribution in [2.75, 3.05) is 6.54 Å². The highest BCUT2D eigenvalue weighted by molar-refractivity contribution is 7.15. The van der Waals surface area contributed by atoms with Gasteiger partial charge in [-0.3, -0.25) is 14.3 Å². The number of nitrogens with zero attached hydrogens (tertiary/aromatic N) is 6. The zero-order valence-corrected chi connectivity index (χ0v) is 19.7. The molecule has 4 aromatic heterocycles. The van der Waals surface area contributed by atoms with Crippen molar-refractivity contribution in [2.24, 2.45) is 0 Å². The van der Waals surface area contributed by atoms with Gasteiger partial charge in [-0.25, -0.2) is 16.5 Å². The predicted molar refractivity (Wildman–Crippen MR) is 136 cm³/mol. The highest BCUT2D eigenvalue weighted by Crippen LogP contribution is 2.34. The van der Waals surface area contributed by atoms with Crippen molar-refractivity contribution in [2.45, 2.75) is 25.6 Å². The molecule has 1 atom stereocenters. The minimum absolute atomic E-state index is 0.0131. The number of nitrogens with one attached hydrogen (secondary N) is 1. The van der Waals surface area contributed by atoms with Crippen LogP contribution in [0, 0.1) is 17.9 Å². The average molecular weight is 476 g/mol. The number of rotatable bonds is 5. The fraction of sp³-hybridized carbons (Fsp3) is 0.185. The first kappa shape index (κ1) is 21.3. The molecule has 0 bridgehead atoms. The van der Waals surface area contributed by atoms with Gasteiger partial charge in [0.1, 0.15) is 5.65 Å². The number of fused-ring (bicyclic) bond motifs is 1. The summed E-state index contributed by atoms with van der Waals surface area (Å²) >= 11 is 1.76. The Balaban J connectivity index is 1.33. The number of hydrogen-bond acceptors (Lipinski definition) is 5. The molecule has 1 saturated heterocycles. The minimum atomic E-state index is 0.0131. The topological polar surface area (TPSA) is 77.4 Å². The maximum Gasteiger partial charge on any atom is 0.280 e. The van der Waals surface area contributed by atoms with Gasteiger partial charge >= 0.3 is 0 Å². The van der Waals surface area contributed by atoms with Crippen LogP contribution in [-0.4, -0.2) is 37.2 Å². The van der Waals surface area contributed by atoms with Gasteiger partial charge in [-0.15, -0.1) is 11.3 Å². The van der Waals surface area contributed by atoms with Crippen LogP contribution in [0.2, 0.25) is 0 Å². The first-order valence-electron chi connectivity index (χ1n) is 11.4. The molecule has 1 N–H and O–H groups in total. The van der Waals surface area contributed by atoms with E-state index < -0.39 is 0 Å². The Hall–Kier alpha value is -4.24. The number of aromatic amines is 1. The quantitative estimate of drug-likeness (QED) is 0.324. The van der Waals surface area contributed by atoms with E-state index in [4.69, 9.17) is 11.8 Å². The first-order valence-corrected chi connectivity index (χ1v) is 12.3. The minimum Gasteiger partial charge on any atom is -0.298 e. The zero-order chi connectivity index (χ0) is 23.8. The van der Waals surface area contributed by atoms with Crippen molar-refractivity contribution in [3.05, 3.63) is 89.0 Å². The van der Waals surface area contributed by atoms with Crippen LogP contribution in [0.1, 0.15) is 23.3 Å². The van der Waals surface area contributed by atoms with Crippen LogP contribution in [-0.2, 0) is 6.54 Å². The smallest absolute Gasteiger partial charge is 0.280 e. The van der Waals surface area contributed by atoms with E-state index in [2.05, 4.69) is 59.8 Å². The monoisotopic (exact) mass is 475 g/mol. The van der Waals surface area contributed by atoms with Crippen LogP contribution < -0.4 is 0 Å². The summed E-state index contributed by atoms with van der Waals surface area (Å²) in [5, 5.41) is 16.5. The molecule has 1 fully saturated rings. The molecule has 1 aliphatic rings. The Morgan fingerprint density at radius 1 is 1.11 bits per heavy atom. The third-order valence-electron chi connectivity index (χ3n) is 6.51. The van der Waals surface area contributed by atoms with Crippen molar-refractivity contribution >= 4 is 17.0 Å². The van der Waals surface area contributed by atoms with Crippen molar-refractivity contribution in [3.63, 3.8) is 0 Å². The van der Waals surface area contributed by atoms with Crippen LogP contribution in [0.25, 0.3) is 43.4 Å². The molecule has 7 nitrogen and oxygen atoms in total. The standard InChI is InChI=1S/C27H21N7S/c1-29-25-3-2-12-33(25)17-21-9-10-24(35-21)23-15-30-26-11-8-20(16-34(23)26)22-14-31-32-27(22)19-6-4-18(13-28)5-7-19/h4-11,14-16,25H,2-3,12,17H2,(H,31,32). The van der Waals surface area contributed by atoms with Gasteiger partial charge in [0.05, 0.1) is 40.3 Å². The summed E-state index contributed by atoms with van der Waals surface area (Å²) in [6.07, 6.45) is 7.93. The maximum absolute atomic E-state index is 9.10. The van der Waals surface area contributed by atoms with Crippen LogP contribution in [0.5, 0.6) is 0 Å². The number of thiophene rings is 1. The summed E-state index contributed by atoms with van der Waals surface area (Å²) in [6.45, 7) is 9.24. The summed E-state index contributed by atoms with van der Waals surface area (Å²) in [7, 11) is 0. The van der Waals surface area contributed by atoms with E-state index in [-0.39, 0.29) is 6.17 Å². The van der Waals surface area contributed by atoms with Crippen LogP contribution in [0.15, 0.2) is 67.1 Å². The normalized spacial score (nSPS) is 15.9. The highest BCUT2D eigenvalue weighted by Gasteiger charge is 2.29. The van der Waals surface area contributed by atoms with Crippen LogP contribution in [0.3, 0.4) is 0 Å². The molecule has 1 aromatic carbocycles. The van der Waals surface area contributed by atoms with Gasteiger partial charge in [-0.2, -0.15) is 10.4 Å². The van der Waals surface area contributed by atoms with Gasteiger partial charge in [-0.05, 0) is 42.8 Å². The molecule has 5 heterocycles. The number of pyridine rings is 1. The number of aromatic nitrogens is 4. The van der Waals surface area contributed by atoms with Gasteiger partial charge in [0.25, 0.3) is 6.17 Å². The Labute approximate surface area is 206 Å². The molecule has 0 spiro atoms. The first-order chi connectivity index (χ1) is 17.2. The Bertz CT molecular complexity index is 1590. The molecule has 5 aromatic rings. The average Bonchev–Trinajstić information content (AvgIpc) is 3.70. The second-order valence-corrected chi connectivity index (χ2v) is 9.79. The van der Waals surface area contributed by atoms with Gasteiger partial charge in [-0.1, -0.05) is 12.1 Å². The summed E-state index contributed by atoms with van der Waals surface area (Å²) in [5.74, 6) is 0. The zero-order valence-electron chi connectivity index (χ0n) is 18.8. The lowest BCUT2D eigenvalue weighted by Gasteiger charge is -2.13. The second kappa shape index (κ2) is 8.84. The van der Waals surface area contributed by atoms with Crippen LogP contribution in [0.4, 0.5) is 0 Å². The number of imidazole rings is 1. The number of hydrogen-bond donors (Lipinski definition) is 1. The van der Waals surface area contributed by atoms with Gasteiger partial charge < -0.3 is 0 Å². The van der Waals surface area contributed by atoms with Crippen molar-refractivity contribution in [3.8, 4) is 39.0 Å². The second-order valence-electron chi connectivity index (χ2n) is 8.63. The number of likely N-dealkylation sites (tertiary alicyclic amines) is 1. The molecule has 0 aliphatic carbocycles. The highest BCUT2D eigenvalue weighted by atomic mass is 32.1. The lowest BCUT2D eigenvalue weighted by Crippen LogP contribution is -2.25. The SMILES string of the molecule is [C-]#[N+]C1CCCN1Cc1ccc(-c2cnc3ccc(-c4cn[nH]c4-c4ccc(C#N)cc4)cn23)s1.